The van der Waals surface area contributed by atoms with Gasteiger partial charge in [0.25, 0.3) is 5.91 Å². The predicted octanol–water partition coefficient (Wildman–Crippen LogP) is 2.05. The van der Waals surface area contributed by atoms with Gasteiger partial charge in [0.15, 0.2) is 6.61 Å². The van der Waals surface area contributed by atoms with Crippen LogP contribution in [-0.2, 0) is 9.59 Å². The van der Waals surface area contributed by atoms with Crippen molar-refractivity contribution in [3.05, 3.63) is 29.3 Å². The number of hydrogen-bond acceptors (Lipinski definition) is 3. The fourth-order valence-corrected chi connectivity index (χ4v) is 1.78. The Balaban J connectivity index is 2.21. The van der Waals surface area contributed by atoms with Crippen molar-refractivity contribution in [2.75, 3.05) is 13.2 Å². The number of carboxylic acid groups (broad SMARTS) is 1. The van der Waals surface area contributed by atoms with Crippen LogP contribution in [-0.4, -0.2) is 30.1 Å². The van der Waals surface area contributed by atoms with Gasteiger partial charge in [0.05, 0.1) is 0 Å². The van der Waals surface area contributed by atoms with Crippen molar-refractivity contribution in [1.29, 1.82) is 0 Å². The zero-order chi connectivity index (χ0) is 15.0. The molecule has 0 atom stereocenters. The second-order valence-electron chi connectivity index (χ2n) is 4.76. The summed E-state index contributed by atoms with van der Waals surface area (Å²) in [7, 11) is 0. The molecule has 1 aromatic rings. The summed E-state index contributed by atoms with van der Waals surface area (Å²) in [6.07, 6.45) is 1.35. The summed E-state index contributed by atoms with van der Waals surface area (Å²) in [6, 6.07) is 5.79. The molecule has 0 aromatic heterocycles. The van der Waals surface area contributed by atoms with Crippen molar-refractivity contribution >= 4 is 11.9 Å². The third-order valence-corrected chi connectivity index (χ3v) is 2.83. The number of hydrogen-bond donors (Lipinski definition) is 2. The van der Waals surface area contributed by atoms with Gasteiger partial charge < -0.3 is 15.2 Å². The SMILES string of the molecule is Cc1ccc(OCC(=O)NCCCCC(=O)O)c(C)c1. The zero-order valence-electron chi connectivity index (χ0n) is 11.9. The lowest BCUT2D eigenvalue weighted by Crippen LogP contribution is -2.29. The minimum absolute atomic E-state index is 0.0250. The highest BCUT2D eigenvalue weighted by atomic mass is 16.5. The number of carbonyl (C=O) groups excluding carboxylic acids is 1. The number of nitrogens with one attached hydrogen (secondary N) is 1. The number of ether oxygens (including phenoxy) is 1. The topological polar surface area (TPSA) is 75.6 Å². The number of aliphatic carboxylic acids is 1. The van der Waals surface area contributed by atoms with E-state index in [0.29, 0.717) is 25.1 Å². The van der Waals surface area contributed by atoms with Gasteiger partial charge in [0.2, 0.25) is 0 Å². The molecular weight excluding hydrogens is 258 g/mol. The fraction of sp³-hybridized carbons (Fsp3) is 0.467. The molecule has 0 aliphatic heterocycles. The summed E-state index contributed by atoms with van der Waals surface area (Å²) in [5.74, 6) is -0.300. The Morgan fingerprint density at radius 2 is 2.00 bits per heavy atom. The molecular formula is C15H21NO4. The first-order chi connectivity index (χ1) is 9.49. The van der Waals surface area contributed by atoms with Crippen LogP contribution in [0.25, 0.3) is 0 Å². The van der Waals surface area contributed by atoms with Crippen molar-refractivity contribution < 1.29 is 19.4 Å². The van der Waals surface area contributed by atoms with Crippen molar-refractivity contribution in [3.63, 3.8) is 0 Å². The van der Waals surface area contributed by atoms with Crippen molar-refractivity contribution in [3.8, 4) is 5.75 Å². The summed E-state index contributed by atoms with van der Waals surface area (Å²) >= 11 is 0. The molecule has 0 fully saturated rings. The average molecular weight is 279 g/mol. The summed E-state index contributed by atoms with van der Waals surface area (Å²) in [6.45, 7) is 4.39. The lowest BCUT2D eigenvalue weighted by Gasteiger charge is -2.10. The minimum Gasteiger partial charge on any atom is -0.484 e. The van der Waals surface area contributed by atoms with Gasteiger partial charge in [-0.3, -0.25) is 9.59 Å². The summed E-state index contributed by atoms with van der Waals surface area (Å²) in [5, 5.41) is 11.2. The number of carbonyl (C=O) groups is 2. The quantitative estimate of drug-likeness (QED) is 0.714. The van der Waals surface area contributed by atoms with E-state index < -0.39 is 5.97 Å². The normalized spacial score (nSPS) is 10.1. The molecule has 0 aliphatic carbocycles. The standard InChI is InChI=1S/C15H21NO4/c1-11-6-7-13(12(2)9-11)20-10-14(17)16-8-4-3-5-15(18)19/h6-7,9H,3-5,8,10H2,1-2H3,(H,16,17)(H,18,19). The number of amides is 1. The molecule has 0 bridgehead atoms. The van der Waals surface area contributed by atoms with E-state index in [-0.39, 0.29) is 18.9 Å². The Kier molecular flexibility index (Phi) is 6.56. The number of unbranched alkanes of at least 4 members (excludes halogenated alkanes) is 1. The third-order valence-electron chi connectivity index (χ3n) is 2.83. The third kappa shape index (κ3) is 6.22. The molecule has 1 aromatic carbocycles. The van der Waals surface area contributed by atoms with Gasteiger partial charge >= 0.3 is 5.97 Å². The Bertz CT molecular complexity index is 471. The maximum atomic E-state index is 11.5. The summed E-state index contributed by atoms with van der Waals surface area (Å²) in [5.41, 5.74) is 2.15. The van der Waals surface area contributed by atoms with Crippen molar-refractivity contribution in [2.45, 2.75) is 33.1 Å². The first kappa shape index (κ1) is 16.0. The van der Waals surface area contributed by atoms with E-state index in [0.717, 1.165) is 11.1 Å². The molecule has 0 spiro atoms. The van der Waals surface area contributed by atoms with Crippen molar-refractivity contribution in [1.82, 2.24) is 5.32 Å². The molecule has 1 amide bonds. The average Bonchev–Trinajstić information content (AvgIpc) is 2.37. The van der Waals surface area contributed by atoms with Crippen molar-refractivity contribution in [2.24, 2.45) is 0 Å². The maximum absolute atomic E-state index is 11.5. The van der Waals surface area contributed by atoms with Gasteiger partial charge in [-0.25, -0.2) is 0 Å². The van der Waals surface area contributed by atoms with Crippen LogP contribution in [0.2, 0.25) is 0 Å². The Labute approximate surface area is 118 Å². The highest BCUT2D eigenvalue weighted by Gasteiger charge is 2.05. The fourth-order valence-electron chi connectivity index (χ4n) is 1.78. The van der Waals surface area contributed by atoms with Crippen LogP contribution in [0.5, 0.6) is 5.75 Å². The minimum atomic E-state index is -0.811. The summed E-state index contributed by atoms with van der Waals surface area (Å²) < 4.78 is 5.44. The monoisotopic (exact) mass is 279 g/mol. The largest absolute Gasteiger partial charge is 0.484 e. The van der Waals surface area contributed by atoms with Gasteiger partial charge in [-0.2, -0.15) is 0 Å². The zero-order valence-corrected chi connectivity index (χ0v) is 11.9. The van der Waals surface area contributed by atoms with Crippen LogP contribution in [0, 0.1) is 13.8 Å². The second kappa shape index (κ2) is 8.19. The smallest absolute Gasteiger partial charge is 0.303 e. The van der Waals surface area contributed by atoms with E-state index in [9.17, 15) is 9.59 Å². The lowest BCUT2D eigenvalue weighted by atomic mass is 10.1. The van der Waals surface area contributed by atoms with Gasteiger partial charge in [-0.15, -0.1) is 0 Å². The van der Waals surface area contributed by atoms with Crippen LogP contribution in [0.4, 0.5) is 0 Å². The number of rotatable bonds is 8. The predicted molar refractivity (Wildman–Crippen MR) is 75.9 cm³/mol. The molecule has 0 radical (unpaired) electrons. The van der Waals surface area contributed by atoms with Crippen LogP contribution < -0.4 is 10.1 Å². The molecule has 0 heterocycles. The van der Waals surface area contributed by atoms with Gasteiger partial charge in [-0.05, 0) is 38.3 Å². The van der Waals surface area contributed by atoms with Crippen LogP contribution in [0.3, 0.4) is 0 Å². The number of benzene rings is 1. The highest BCUT2D eigenvalue weighted by Crippen LogP contribution is 2.18. The molecule has 110 valence electrons. The first-order valence-corrected chi connectivity index (χ1v) is 6.67. The molecule has 0 aliphatic rings. The Morgan fingerprint density at radius 3 is 2.65 bits per heavy atom. The van der Waals surface area contributed by atoms with E-state index in [1.165, 1.54) is 0 Å². The summed E-state index contributed by atoms with van der Waals surface area (Å²) in [4.78, 5) is 21.8. The Morgan fingerprint density at radius 1 is 1.25 bits per heavy atom. The molecule has 5 nitrogen and oxygen atoms in total. The molecule has 0 saturated carbocycles. The second-order valence-corrected chi connectivity index (χ2v) is 4.76. The molecule has 1 rings (SSSR count). The molecule has 0 unspecified atom stereocenters. The van der Waals surface area contributed by atoms with Gasteiger partial charge in [-0.1, -0.05) is 17.7 Å². The van der Waals surface area contributed by atoms with E-state index in [4.69, 9.17) is 9.84 Å². The van der Waals surface area contributed by atoms with E-state index in [2.05, 4.69) is 5.32 Å². The van der Waals surface area contributed by atoms with Crippen LogP contribution >= 0.6 is 0 Å². The van der Waals surface area contributed by atoms with E-state index in [1.54, 1.807) is 0 Å². The van der Waals surface area contributed by atoms with Gasteiger partial charge in [0.1, 0.15) is 5.75 Å². The van der Waals surface area contributed by atoms with E-state index >= 15 is 0 Å². The molecule has 20 heavy (non-hydrogen) atoms. The van der Waals surface area contributed by atoms with E-state index in [1.807, 2.05) is 32.0 Å². The van der Waals surface area contributed by atoms with Gasteiger partial charge in [0, 0.05) is 13.0 Å². The first-order valence-electron chi connectivity index (χ1n) is 6.67. The highest BCUT2D eigenvalue weighted by molar-refractivity contribution is 5.77. The number of carboxylic acids is 1. The molecule has 2 N–H and O–H groups in total. The van der Waals surface area contributed by atoms with Crippen LogP contribution in [0.1, 0.15) is 30.4 Å². The molecule has 0 saturated heterocycles. The Hall–Kier alpha value is -2.04. The lowest BCUT2D eigenvalue weighted by molar-refractivity contribution is -0.137. The number of aryl methyl sites for hydroxylation is 2. The maximum Gasteiger partial charge on any atom is 0.303 e. The van der Waals surface area contributed by atoms with Crippen LogP contribution in [0.15, 0.2) is 18.2 Å². The molecule has 5 heteroatoms.